The lowest BCUT2D eigenvalue weighted by Gasteiger charge is -2.14. The Morgan fingerprint density at radius 3 is 3.07 bits per heavy atom. The van der Waals surface area contributed by atoms with Crippen molar-refractivity contribution < 1.29 is 14.6 Å². The number of rotatable bonds is 6. The first kappa shape index (κ1) is 19.7. The predicted molar refractivity (Wildman–Crippen MR) is 101 cm³/mol. The quantitative estimate of drug-likeness (QED) is 0.591. The van der Waals surface area contributed by atoms with Crippen molar-refractivity contribution in [1.29, 1.82) is 0 Å². The Balaban J connectivity index is 1.54. The van der Waals surface area contributed by atoms with Crippen molar-refractivity contribution >= 4 is 5.91 Å². The highest BCUT2D eigenvalue weighted by Gasteiger charge is 2.34. The number of carbonyl (C=O) groups excluding carboxylic acids is 1. The number of ether oxygens (including phenoxy) is 1. The van der Waals surface area contributed by atoms with Crippen molar-refractivity contribution in [2.45, 2.75) is 38.2 Å². The molecule has 0 radical (unpaired) electrons. The van der Waals surface area contributed by atoms with Gasteiger partial charge in [0.1, 0.15) is 12.3 Å². The molecule has 0 aromatic carbocycles. The Morgan fingerprint density at radius 1 is 1.50 bits per heavy atom. The second-order valence-corrected chi connectivity index (χ2v) is 6.60. The van der Waals surface area contributed by atoms with Crippen molar-refractivity contribution in [2.24, 2.45) is 0 Å². The average molecular weight is 386 g/mol. The molecule has 2 aromatic rings. The van der Waals surface area contributed by atoms with Crippen molar-refractivity contribution in [3.63, 3.8) is 0 Å². The van der Waals surface area contributed by atoms with Crippen molar-refractivity contribution in [3.8, 4) is 0 Å². The van der Waals surface area contributed by atoms with Crippen molar-refractivity contribution in [3.05, 3.63) is 74.8 Å². The zero-order valence-electron chi connectivity index (χ0n) is 15.4. The summed E-state index contributed by atoms with van der Waals surface area (Å²) in [6.45, 7) is 2.03. The Morgan fingerprint density at radius 2 is 2.32 bits per heavy atom. The summed E-state index contributed by atoms with van der Waals surface area (Å²) in [6.07, 6.45) is 6.11. The third-order valence-electron chi connectivity index (χ3n) is 4.47. The van der Waals surface area contributed by atoms with Gasteiger partial charge in [-0.25, -0.2) is 4.79 Å². The fourth-order valence-electron chi connectivity index (χ4n) is 2.94. The molecule has 1 aliphatic rings. The molecule has 1 aliphatic heterocycles. The van der Waals surface area contributed by atoms with Crippen LogP contribution in [0.5, 0.6) is 0 Å². The molecule has 3 atom stereocenters. The van der Waals surface area contributed by atoms with E-state index in [9.17, 15) is 19.5 Å². The number of amides is 1. The molecule has 3 N–H and O–H groups in total. The molecule has 148 valence electrons. The highest BCUT2D eigenvalue weighted by atomic mass is 16.5. The first-order valence-electron chi connectivity index (χ1n) is 8.94. The van der Waals surface area contributed by atoms with Gasteiger partial charge in [0.25, 0.3) is 5.56 Å². The highest BCUT2D eigenvalue weighted by Crippen LogP contribution is 2.28. The van der Waals surface area contributed by atoms with E-state index in [1.165, 1.54) is 22.9 Å². The third-order valence-corrected chi connectivity index (χ3v) is 4.47. The van der Waals surface area contributed by atoms with E-state index in [4.69, 9.17) is 4.74 Å². The van der Waals surface area contributed by atoms with E-state index >= 15 is 0 Å². The van der Waals surface area contributed by atoms with Crippen LogP contribution >= 0.6 is 0 Å². The van der Waals surface area contributed by atoms with Gasteiger partial charge >= 0.3 is 5.69 Å². The summed E-state index contributed by atoms with van der Waals surface area (Å²) in [4.78, 5) is 41.6. The molecule has 0 aliphatic carbocycles. The van der Waals surface area contributed by atoms with Crippen LogP contribution in [0.15, 0.2) is 52.5 Å². The lowest BCUT2D eigenvalue weighted by Crippen LogP contribution is -2.33. The molecule has 3 rings (SSSR count). The molecule has 28 heavy (non-hydrogen) atoms. The Hall–Kier alpha value is -3.04. The summed E-state index contributed by atoms with van der Waals surface area (Å²) < 4.78 is 6.91. The lowest BCUT2D eigenvalue weighted by atomic mass is 10.1. The summed E-state index contributed by atoms with van der Waals surface area (Å²) in [5.41, 5.74) is 0.320. The molecule has 1 fully saturated rings. The van der Waals surface area contributed by atoms with Crippen molar-refractivity contribution in [1.82, 2.24) is 19.9 Å². The first-order valence-corrected chi connectivity index (χ1v) is 8.94. The highest BCUT2D eigenvalue weighted by molar-refractivity contribution is 5.87. The number of aromatic nitrogens is 3. The zero-order valence-corrected chi connectivity index (χ0v) is 15.4. The van der Waals surface area contributed by atoms with Gasteiger partial charge < -0.3 is 15.2 Å². The minimum Gasteiger partial charge on any atom is -0.390 e. The van der Waals surface area contributed by atoms with Crippen LogP contribution in [0, 0.1) is 6.92 Å². The van der Waals surface area contributed by atoms with Gasteiger partial charge in [-0.15, -0.1) is 0 Å². The first-order chi connectivity index (χ1) is 13.4. The summed E-state index contributed by atoms with van der Waals surface area (Å²) in [5.74, 6) is -0.305. The normalized spacial score (nSPS) is 21.9. The van der Waals surface area contributed by atoms with Gasteiger partial charge in [0.05, 0.1) is 6.10 Å². The Bertz CT molecular complexity index is 966. The van der Waals surface area contributed by atoms with Crippen molar-refractivity contribution in [2.75, 3.05) is 6.54 Å². The van der Waals surface area contributed by atoms with E-state index in [0.717, 1.165) is 5.56 Å². The number of aryl methyl sites for hydroxylation is 1. The smallest absolute Gasteiger partial charge is 0.330 e. The number of hydrogen-bond donors (Lipinski definition) is 3. The largest absolute Gasteiger partial charge is 0.390 e. The molecular formula is C19H22N4O5. The number of aromatic amines is 1. The molecule has 9 heteroatoms. The fraction of sp³-hybridized carbons (Fsp3) is 0.368. The van der Waals surface area contributed by atoms with Gasteiger partial charge in [0.2, 0.25) is 5.91 Å². The summed E-state index contributed by atoms with van der Waals surface area (Å²) in [7, 11) is 0. The van der Waals surface area contributed by atoms with E-state index in [1.54, 1.807) is 19.3 Å². The molecule has 2 aromatic heterocycles. The van der Waals surface area contributed by atoms with Crippen LogP contribution in [0.2, 0.25) is 0 Å². The third kappa shape index (κ3) is 4.81. The summed E-state index contributed by atoms with van der Waals surface area (Å²) in [5, 5.41) is 12.9. The van der Waals surface area contributed by atoms with E-state index in [2.05, 4.69) is 15.3 Å². The number of nitrogens with zero attached hydrogens (tertiary/aromatic N) is 2. The number of hydrogen-bond acceptors (Lipinski definition) is 6. The van der Waals surface area contributed by atoms with Crippen LogP contribution in [0.25, 0.3) is 0 Å². The molecule has 0 spiro atoms. The van der Waals surface area contributed by atoms with Gasteiger partial charge in [-0.3, -0.25) is 24.1 Å². The van der Waals surface area contributed by atoms with E-state index in [0.29, 0.717) is 18.5 Å². The predicted octanol–water partition coefficient (Wildman–Crippen LogP) is -0.196. The monoisotopic (exact) mass is 386 g/mol. The number of aliphatic hydroxyl groups excluding tert-OH is 1. The van der Waals surface area contributed by atoms with Crippen LogP contribution in [-0.4, -0.2) is 44.3 Å². The molecule has 1 saturated heterocycles. The standard InChI is InChI=1S/C19H22N4O5/c1-12-11-23(19(27)22-18(12)26)17-9-14(24)15(28-17)4-5-16(25)21-8-6-13-3-2-7-20-10-13/h2-5,7,10-11,14-15,17,24H,6,8-9H2,1H3,(H,21,25)(H,22,26,27)/b5-4+/t14-,15+,17+/m0/s1. The minimum atomic E-state index is -0.872. The summed E-state index contributed by atoms with van der Waals surface area (Å²) in [6, 6.07) is 3.76. The molecule has 0 saturated carbocycles. The van der Waals surface area contributed by atoms with Crippen LogP contribution in [0.1, 0.15) is 23.8 Å². The lowest BCUT2D eigenvalue weighted by molar-refractivity contribution is -0.116. The van der Waals surface area contributed by atoms with Gasteiger partial charge in [-0.1, -0.05) is 6.07 Å². The second-order valence-electron chi connectivity index (χ2n) is 6.60. The SMILES string of the molecule is Cc1cn([C@H]2C[C@H](O)[C@@H](/C=C/C(=O)NCCc3cccnc3)O2)c(=O)[nH]c1=O. The maximum absolute atomic E-state index is 12.0. The van der Waals surface area contributed by atoms with Gasteiger partial charge in [0, 0.05) is 43.2 Å². The van der Waals surface area contributed by atoms with Gasteiger partial charge in [0.15, 0.2) is 0 Å². The van der Waals surface area contributed by atoms with Crippen LogP contribution in [-0.2, 0) is 16.0 Å². The average Bonchev–Trinajstić information content (AvgIpc) is 3.04. The topological polar surface area (TPSA) is 126 Å². The van der Waals surface area contributed by atoms with Crippen LogP contribution in [0.3, 0.4) is 0 Å². The van der Waals surface area contributed by atoms with Gasteiger partial charge in [-0.2, -0.15) is 0 Å². The van der Waals surface area contributed by atoms with Gasteiger partial charge in [-0.05, 0) is 31.1 Å². The summed E-state index contributed by atoms with van der Waals surface area (Å²) >= 11 is 0. The van der Waals surface area contributed by atoms with Crippen LogP contribution in [0.4, 0.5) is 0 Å². The molecule has 3 heterocycles. The number of H-pyrrole nitrogens is 1. The zero-order chi connectivity index (χ0) is 20.1. The van der Waals surface area contributed by atoms with E-state index < -0.39 is 29.7 Å². The van der Waals surface area contributed by atoms with E-state index in [1.807, 2.05) is 12.1 Å². The number of pyridine rings is 1. The molecule has 0 unspecified atom stereocenters. The number of aliphatic hydroxyl groups is 1. The fourth-order valence-corrected chi connectivity index (χ4v) is 2.94. The molecular weight excluding hydrogens is 364 g/mol. The minimum absolute atomic E-state index is 0.170. The molecule has 1 amide bonds. The molecule has 0 bridgehead atoms. The maximum atomic E-state index is 12.0. The second kappa shape index (κ2) is 8.77. The van der Waals surface area contributed by atoms with Crippen LogP contribution < -0.4 is 16.6 Å². The Kier molecular flexibility index (Phi) is 6.17. The van der Waals surface area contributed by atoms with E-state index in [-0.39, 0.29) is 12.3 Å². The molecule has 9 nitrogen and oxygen atoms in total. The number of carbonyl (C=O) groups is 1. The number of nitrogens with one attached hydrogen (secondary N) is 2. The maximum Gasteiger partial charge on any atom is 0.330 e. The Labute approximate surface area is 160 Å².